The van der Waals surface area contributed by atoms with Crippen LogP contribution in [0.25, 0.3) is 0 Å². The van der Waals surface area contributed by atoms with Crippen LogP contribution in [0.5, 0.6) is 0 Å². The molecule has 20 heavy (non-hydrogen) atoms. The van der Waals surface area contributed by atoms with Crippen molar-refractivity contribution < 1.29 is 18.0 Å². The van der Waals surface area contributed by atoms with E-state index in [-0.39, 0.29) is 17.1 Å². The number of nitrogen functional groups attached to an aromatic ring is 1. The van der Waals surface area contributed by atoms with Gasteiger partial charge in [0.2, 0.25) is 0 Å². The number of aromatic nitrogens is 2. The lowest BCUT2D eigenvalue weighted by Crippen LogP contribution is -2.14. The summed E-state index contributed by atoms with van der Waals surface area (Å²) in [5, 5.41) is 8.70. The number of carbonyl (C=O) groups is 1. The van der Waals surface area contributed by atoms with Crippen LogP contribution in [0.3, 0.4) is 0 Å². The second-order valence-corrected chi connectivity index (χ2v) is 4.14. The minimum absolute atomic E-state index is 0.00222. The van der Waals surface area contributed by atoms with E-state index in [2.05, 4.69) is 15.5 Å². The molecule has 0 radical (unpaired) electrons. The number of hydrogen-bond donors (Lipinski definition) is 3. The van der Waals surface area contributed by atoms with Gasteiger partial charge in [-0.25, -0.2) is 0 Å². The number of aromatic amines is 1. The fraction of sp³-hybridized carbons (Fsp3) is 0.167. The topological polar surface area (TPSA) is 83.8 Å². The first-order valence-electron chi connectivity index (χ1n) is 5.58. The summed E-state index contributed by atoms with van der Waals surface area (Å²) in [4.78, 5) is 11.8. The molecule has 5 nitrogen and oxygen atoms in total. The lowest BCUT2D eigenvalue weighted by atomic mass is 10.2. The molecule has 0 aliphatic rings. The number of H-pyrrole nitrogens is 1. The van der Waals surface area contributed by atoms with Gasteiger partial charge in [0.25, 0.3) is 5.91 Å². The first kappa shape index (κ1) is 13.9. The van der Waals surface area contributed by atoms with Crippen molar-refractivity contribution in [3.8, 4) is 0 Å². The zero-order chi connectivity index (χ0) is 14.9. The van der Waals surface area contributed by atoms with E-state index in [4.69, 9.17) is 5.73 Å². The molecule has 8 heteroatoms. The van der Waals surface area contributed by atoms with Crippen molar-refractivity contribution in [2.24, 2.45) is 0 Å². The number of anilines is 2. The van der Waals surface area contributed by atoms with Crippen LogP contribution in [-0.2, 0) is 6.18 Å². The summed E-state index contributed by atoms with van der Waals surface area (Å²) in [6.07, 6.45) is -4.41. The Morgan fingerprint density at radius 3 is 2.35 bits per heavy atom. The lowest BCUT2D eigenvalue weighted by molar-refractivity contribution is -0.137. The molecule has 0 unspecified atom stereocenters. The third-order valence-corrected chi connectivity index (χ3v) is 2.68. The predicted octanol–water partition coefficient (Wildman–Crippen LogP) is 2.57. The van der Waals surface area contributed by atoms with E-state index in [9.17, 15) is 18.0 Å². The van der Waals surface area contributed by atoms with Crippen LogP contribution in [0.4, 0.5) is 24.5 Å². The summed E-state index contributed by atoms with van der Waals surface area (Å²) < 4.78 is 37.2. The highest BCUT2D eigenvalue weighted by molar-refractivity contribution is 6.06. The van der Waals surface area contributed by atoms with E-state index in [1.807, 2.05) is 0 Å². The molecule has 106 valence electrons. The molecule has 0 aliphatic carbocycles. The first-order chi connectivity index (χ1) is 9.29. The minimum Gasteiger partial charge on any atom is -0.395 e. The number of nitrogens with two attached hydrogens (primary N) is 1. The average Bonchev–Trinajstić information content (AvgIpc) is 2.69. The zero-order valence-corrected chi connectivity index (χ0v) is 10.4. The standard InChI is InChI=1S/C12H11F3N4O/c1-6-9(16)10(19-18-6)11(20)17-8-4-2-7(3-5-8)12(13,14)15/h2-5H,16H2,1H3,(H,17,20)(H,18,19). The van der Waals surface area contributed by atoms with Crippen LogP contribution >= 0.6 is 0 Å². The number of nitrogens with one attached hydrogen (secondary N) is 2. The maximum absolute atomic E-state index is 12.4. The van der Waals surface area contributed by atoms with Gasteiger partial charge in [0.15, 0.2) is 5.69 Å². The second-order valence-electron chi connectivity index (χ2n) is 4.14. The highest BCUT2D eigenvalue weighted by atomic mass is 19.4. The molecule has 1 amide bonds. The van der Waals surface area contributed by atoms with E-state index in [1.165, 1.54) is 0 Å². The SMILES string of the molecule is Cc1[nH]nc(C(=O)Nc2ccc(C(F)(F)F)cc2)c1N. The minimum atomic E-state index is -4.41. The molecule has 0 aliphatic heterocycles. The Hall–Kier alpha value is -2.51. The van der Waals surface area contributed by atoms with Gasteiger partial charge >= 0.3 is 6.18 Å². The number of amides is 1. The largest absolute Gasteiger partial charge is 0.416 e. The Morgan fingerprint density at radius 2 is 1.90 bits per heavy atom. The van der Waals surface area contributed by atoms with Crippen molar-refractivity contribution in [2.45, 2.75) is 13.1 Å². The van der Waals surface area contributed by atoms with Crippen LogP contribution in [0.15, 0.2) is 24.3 Å². The van der Waals surface area contributed by atoms with Crippen molar-refractivity contribution in [1.29, 1.82) is 0 Å². The zero-order valence-electron chi connectivity index (χ0n) is 10.4. The van der Waals surface area contributed by atoms with Gasteiger partial charge in [0, 0.05) is 5.69 Å². The third kappa shape index (κ3) is 2.73. The molecule has 4 N–H and O–H groups in total. The Balaban J connectivity index is 2.15. The van der Waals surface area contributed by atoms with Crippen molar-refractivity contribution in [3.63, 3.8) is 0 Å². The second kappa shape index (κ2) is 4.87. The number of hydrogen-bond acceptors (Lipinski definition) is 3. The van der Waals surface area contributed by atoms with Gasteiger partial charge in [0.05, 0.1) is 16.9 Å². The molecule has 0 saturated carbocycles. The average molecular weight is 284 g/mol. The summed E-state index contributed by atoms with van der Waals surface area (Å²) in [6, 6.07) is 4.09. The normalized spacial score (nSPS) is 11.4. The monoisotopic (exact) mass is 284 g/mol. The number of aryl methyl sites for hydroxylation is 1. The highest BCUT2D eigenvalue weighted by Crippen LogP contribution is 2.29. The summed E-state index contributed by atoms with van der Waals surface area (Å²) in [5.74, 6) is -0.591. The van der Waals surface area contributed by atoms with E-state index in [1.54, 1.807) is 6.92 Å². The molecule has 1 aromatic carbocycles. The molecule has 0 spiro atoms. The van der Waals surface area contributed by atoms with Crippen molar-refractivity contribution in [1.82, 2.24) is 10.2 Å². The summed E-state index contributed by atoms with van der Waals surface area (Å²) in [5.41, 5.74) is 5.82. The number of halogens is 3. The quantitative estimate of drug-likeness (QED) is 0.792. The number of carbonyl (C=O) groups excluding carboxylic acids is 1. The molecule has 0 fully saturated rings. The molecule has 1 heterocycles. The first-order valence-corrected chi connectivity index (χ1v) is 5.58. The summed E-state index contributed by atoms with van der Waals surface area (Å²) in [6.45, 7) is 1.65. The van der Waals surface area contributed by atoms with E-state index < -0.39 is 17.6 Å². The van der Waals surface area contributed by atoms with Crippen LogP contribution in [0.2, 0.25) is 0 Å². The van der Waals surface area contributed by atoms with Gasteiger partial charge < -0.3 is 11.1 Å². The third-order valence-electron chi connectivity index (χ3n) is 2.68. The molecule has 2 aromatic rings. The fourth-order valence-electron chi connectivity index (χ4n) is 1.54. The number of alkyl halides is 3. The van der Waals surface area contributed by atoms with Gasteiger partial charge in [0.1, 0.15) is 0 Å². The predicted molar refractivity (Wildman–Crippen MR) is 67.1 cm³/mol. The summed E-state index contributed by atoms with van der Waals surface area (Å²) in [7, 11) is 0. The van der Waals surface area contributed by atoms with Crippen molar-refractivity contribution >= 4 is 17.3 Å². The van der Waals surface area contributed by atoms with Crippen molar-refractivity contribution in [3.05, 3.63) is 41.2 Å². The molecule has 0 atom stereocenters. The van der Waals surface area contributed by atoms with Gasteiger partial charge in [-0.05, 0) is 31.2 Å². The van der Waals surface area contributed by atoms with Crippen LogP contribution in [0.1, 0.15) is 21.7 Å². The molecule has 2 rings (SSSR count). The lowest BCUT2D eigenvalue weighted by Gasteiger charge is -2.08. The van der Waals surface area contributed by atoms with Crippen LogP contribution in [0, 0.1) is 6.92 Å². The smallest absolute Gasteiger partial charge is 0.395 e. The van der Waals surface area contributed by atoms with Gasteiger partial charge in [-0.15, -0.1) is 0 Å². The van der Waals surface area contributed by atoms with E-state index in [0.717, 1.165) is 24.3 Å². The molecular formula is C12H11F3N4O. The maximum atomic E-state index is 12.4. The van der Waals surface area contributed by atoms with E-state index in [0.29, 0.717) is 5.69 Å². The molecule has 1 aromatic heterocycles. The Kier molecular flexibility index (Phi) is 3.39. The summed E-state index contributed by atoms with van der Waals surface area (Å²) >= 11 is 0. The fourth-order valence-corrected chi connectivity index (χ4v) is 1.54. The Morgan fingerprint density at radius 1 is 1.30 bits per heavy atom. The Labute approximate surface area is 112 Å². The van der Waals surface area contributed by atoms with Crippen molar-refractivity contribution in [2.75, 3.05) is 11.1 Å². The number of nitrogens with zero attached hydrogens (tertiary/aromatic N) is 1. The highest BCUT2D eigenvalue weighted by Gasteiger charge is 2.30. The number of rotatable bonds is 2. The van der Waals surface area contributed by atoms with Gasteiger partial charge in [-0.3, -0.25) is 9.89 Å². The van der Waals surface area contributed by atoms with Gasteiger partial charge in [-0.2, -0.15) is 18.3 Å². The Bertz CT molecular complexity index is 631. The maximum Gasteiger partial charge on any atom is 0.416 e. The van der Waals surface area contributed by atoms with Crippen LogP contribution < -0.4 is 11.1 Å². The van der Waals surface area contributed by atoms with E-state index >= 15 is 0 Å². The molecular weight excluding hydrogens is 273 g/mol. The molecule has 0 bridgehead atoms. The molecule has 0 saturated heterocycles. The van der Waals surface area contributed by atoms with Crippen LogP contribution in [-0.4, -0.2) is 16.1 Å². The van der Waals surface area contributed by atoms with Gasteiger partial charge in [-0.1, -0.05) is 0 Å². The number of benzene rings is 1.